The summed E-state index contributed by atoms with van der Waals surface area (Å²) in [6.45, 7) is 1.11. The Labute approximate surface area is 122 Å². The Morgan fingerprint density at radius 2 is 2.06 bits per heavy atom. The molecule has 0 N–H and O–H groups in total. The Bertz CT molecular complexity index is 362. The molecule has 0 atom stereocenters. The molecule has 16 heavy (non-hydrogen) atoms. The maximum Gasteiger partial charge on any atom is 2.00 e. The molecule has 2 rings (SSSR count). The van der Waals surface area contributed by atoms with Crippen LogP contribution in [0.1, 0.15) is 11.3 Å². The van der Waals surface area contributed by atoms with Gasteiger partial charge in [-0.15, -0.1) is 5.56 Å². The van der Waals surface area contributed by atoms with E-state index in [-0.39, 0.29) is 40.0 Å². The van der Waals surface area contributed by atoms with E-state index in [2.05, 4.69) is 6.07 Å². The predicted molar refractivity (Wildman–Crippen MR) is 58.2 cm³/mol. The van der Waals surface area contributed by atoms with Crippen LogP contribution < -0.4 is 17.0 Å². The molecule has 0 saturated heterocycles. The molecule has 4 heteroatoms. The SMILES string of the molecule is [Br-].[Mg+2].[c-]1cccc(COCc2ccco2)c1. The van der Waals surface area contributed by atoms with Gasteiger partial charge in [0.05, 0.1) is 6.26 Å². The first kappa shape index (κ1) is 15.7. The van der Waals surface area contributed by atoms with Crippen LogP contribution in [0, 0.1) is 6.07 Å². The van der Waals surface area contributed by atoms with Gasteiger partial charge in [-0.1, -0.05) is 0 Å². The van der Waals surface area contributed by atoms with Gasteiger partial charge in [0.1, 0.15) is 12.4 Å². The van der Waals surface area contributed by atoms with Gasteiger partial charge < -0.3 is 26.1 Å². The van der Waals surface area contributed by atoms with Gasteiger partial charge in [-0.25, -0.2) is 0 Å². The maximum atomic E-state index is 5.45. The summed E-state index contributed by atoms with van der Waals surface area (Å²) in [6, 6.07) is 14.5. The molecule has 0 aliphatic heterocycles. The van der Waals surface area contributed by atoms with Crippen LogP contribution in [-0.2, 0) is 18.0 Å². The fourth-order valence-electron chi connectivity index (χ4n) is 1.18. The molecular weight excluding hydrogens is 280 g/mol. The summed E-state index contributed by atoms with van der Waals surface area (Å²) in [5.41, 5.74) is 1.12. The third-order valence-electron chi connectivity index (χ3n) is 1.86. The van der Waals surface area contributed by atoms with Crippen LogP contribution in [0.5, 0.6) is 0 Å². The molecule has 0 fully saturated rings. The molecule has 0 saturated carbocycles. The molecule has 1 aromatic heterocycles. The molecule has 0 aliphatic rings. The normalized spacial score (nSPS) is 9.00. The van der Waals surface area contributed by atoms with E-state index >= 15 is 0 Å². The summed E-state index contributed by atoms with van der Waals surface area (Å²) in [5.74, 6) is 0.852. The second-order valence-corrected chi connectivity index (χ2v) is 2.98. The number of furan rings is 1. The molecule has 0 radical (unpaired) electrons. The van der Waals surface area contributed by atoms with Gasteiger partial charge >= 0.3 is 23.1 Å². The van der Waals surface area contributed by atoms with Gasteiger partial charge in [0.2, 0.25) is 0 Å². The third kappa shape index (κ3) is 5.16. The molecule has 2 nitrogen and oxygen atoms in total. The molecule has 0 unspecified atom stereocenters. The quantitative estimate of drug-likeness (QED) is 0.555. The van der Waals surface area contributed by atoms with Crippen molar-refractivity contribution in [2.45, 2.75) is 13.2 Å². The number of ether oxygens (including phenoxy) is 1. The Morgan fingerprint density at radius 3 is 2.69 bits per heavy atom. The Morgan fingerprint density at radius 1 is 1.19 bits per heavy atom. The monoisotopic (exact) mass is 290 g/mol. The topological polar surface area (TPSA) is 22.4 Å². The van der Waals surface area contributed by atoms with Crippen LogP contribution in [0.15, 0.2) is 47.1 Å². The number of rotatable bonds is 4. The van der Waals surface area contributed by atoms with E-state index in [0.717, 1.165) is 11.3 Å². The molecule has 0 amide bonds. The van der Waals surface area contributed by atoms with Crippen molar-refractivity contribution in [2.24, 2.45) is 0 Å². The number of hydrogen-bond acceptors (Lipinski definition) is 2. The van der Waals surface area contributed by atoms with Crippen molar-refractivity contribution in [3.8, 4) is 0 Å². The fraction of sp³-hybridized carbons (Fsp3) is 0.167. The van der Waals surface area contributed by atoms with Crippen LogP contribution in [0.2, 0.25) is 0 Å². The van der Waals surface area contributed by atoms with E-state index in [0.29, 0.717) is 13.2 Å². The molecular formula is C12H11BrMgO2. The molecule has 80 valence electrons. The van der Waals surface area contributed by atoms with Crippen molar-refractivity contribution in [2.75, 3.05) is 0 Å². The summed E-state index contributed by atoms with van der Waals surface area (Å²) in [6.07, 6.45) is 1.65. The van der Waals surface area contributed by atoms with Crippen LogP contribution in [0.25, 0.3) is 0 Å². The Hall–Kier alpha value is -0.294. The predicted octanol–water partition coefficient (Wildman–Crippen LogP) is -0.580. The molecule has 1 heterocycles. The fourth-order valence-corrected chi connectivity index (χ4v) is 1.18. The van der Waals surface area contributed by atoms with Crippen LogP contribution >= 0.6 is 0 Å². The van der Waals surface area contributed by atoms with E-state index in [1.165, 1.54) is 0 Å². The largest absolute Gasteiger partial charge is 2.00 e. The number of halogens is 1. The van der Waals surface area contributed by atoms with Crippen LogP contribution in [-0.4, -0.2) is 23.1 Å². The standard InChI is InChI=1S/C12H11O2.BrH.Mg/c1-2-5-11(6-3-1)9-13-10-12-7-4-8-14-12;;/h1-2,4-8H,9-10H2;1H;/q-1;;+2/p-1. The second kappa shape index (κ2) is 8.81. The summed E-state index contributed by atoms with van der Waals surface area (Å²) < 4.78 is 10.6. The van der Waals surface area contributed by atoms with Gasteiger partial charge in [-0.05, 0) is 12.1 Å². The van der Waals surface area contributed by atoms with Gasteiger partial charge in [-0.3, -0.25) is 0 Å². The van der Waals surface area contributed by atoms with Crippen molar-refractivity contribution in [3.63, 3.8) is 0 Å². The smallest absolute Gasteiger partial charge is 1.00 e. The Kier molecular flexibility index (Phi) is 8.65. The zero-order valence-electron chi connectivity index (χ0n) is 8.86. The first-order valence-corrected chi connectivity index (χ1v) is 4.50. The van der Waals surface area contributed by atoms with Crippen molar-refractivity contribution >= 4 is 23.1 Å². The minimum absolute atomic E-state index is 0. The number of hydrogen-bond donors (Lipinski definition) is 0. The van der Waals surface area contributed by atoms with E-state index in [4.69, 9.17) is 9.15 Å². The van der Waals surface area contributed by atoms with E-state index < -0.39 is 0 Å². The van der Waals surface area contributed by atoms with Crippen molar-refractivity contribution in [3.05, 3.63) is 60.1 Å². The molecule has 1 aromatic carbocycles. The minimum Gasteiger partial charge on any atom is -1.00 e. The van der Waals surface area contributed by atoms with E-state index in [1.54, 1.807) is 6.26 Å². The summed E-state index contributed by atoms with van der Waals surface area (Å²) in [5, 5.41) is 0. The van der Waals surface area contributed by atoms with Gasteiger partial charge in [0.25, 0.3) is 0 Å². The van der Waals surface area contributed by atoms with Gasteiger partial charge in [0, 0.05) is 6.61 Å². The number of benzene rings is 1. The van der Waals surface area contributed by atoms with E-state index in [1.807, 2.05) is 36.4 Å². The van der Waals surface area contributed by atoms with Crippen LogP contribution in [0.4, 0.5) is 0 Å². The second-order valence-electron chi connectivity index (χ2n) is 2.98. The maximum absolute atomic E-state index is 5.45. The summed E-state index contributed by atoms with van der Waals surface area (Å²) in [7, 11) is 0. The molecule has 0 aliphatic carbocycles. The van der Waals surface area contributed by atoms with Crippen molar-refractivity contribution < 1.29 is 26.1 Å². The minimum atomic E-state index is 0. The zero-order chi connectivity index (χ0) is 9.64. The Balaban J connectivity index is 0.00000112. The zero-order valence-corrected chi connectivity index (χ0v) is 11.9. The summed E-state index contributed by atoms with van der Waals surface area (Å²) >= 11 is 0. The first-order valence-electron chi connectivity index (χ1n) is 4.50. The van der Waals surface area contributed by atoms with Gasteiger partial charge in [-0.2, -0.15) is 30.3 Å². The molecule has 0 bridgehead atoms. The van der Waals surface area contributed by atoms with Crippen molar-refractivity contribution in [1.82, 2.24) is 0 Å². The first-order chi connectivity index (χ1) is 6.95. The van der Waals surface area contributed by atoms with Gasteiger partial charge in [0.15, 0.2) is 0 Å². The molecule has 0 spiro atoms. The summed E-state index contributed by atoms with van der Waals surface area (Å²) in [4.78, 5) is 0. The van der Waals surface area contributed by atoms with Crippen LogP contribution in [0.3, 0.4) is 0 Å². The third-order valence-corrected chi connectivity index (χ3v) is 1.86. The van der Waals surface area contributed by atoms with Crippen molar-refractivity contribution in [1.29, 1.82) is 0 Å². The average molecular weight is 291 g/mol. The van der Waals surface area contributed by atoms with E-state index in [9.17, 15) is 0 Å². The average Bonchev–Trinajstić information content (AvgIpc) is 2.72. The molecule has 2 aromatic rings.